The van der Waals surface area contributed by atoms with Crippen LogP contribution in [-0.4, -0.2) is 19.0 Å². The van der Waals surface area contributed by atoms with Gasteiger partial charge in [-0.2, -0.15) is 13.2 Å². The Balaban J connectivity index is 1.68. The van der Waals surface area contributed by atoms with E-state index in [1.165, 1.54) is 19.2 Å². The first-order valence-electron chi connectivity index (χ1n) is 9.63. The summed E-state index contributed by atoms with van der Waals surface area (Å²) in [6.07, 6.45) is -4.56. The van der Waals surface area contributed by atoms with Gasteiger partial charge in [0.05, 0.1) is 18.4 Å². The molecule has 7 nitrogen and oxygen atoms in total. The van der Waals surface area contributed by atoms with Crippen LogP contribution in [0.2, 0.25) is 0 Å². The molecule has 0 aliphatic rings. The molecular formula is C23H20F3N3O4. The van der Waals surface area contributed by atoms with E-state index in [-0.39, 0.29) is 18.0 Å². The van der Waals surface area contributed by atoms with E-state index in [1.807, 2.05) is 0 Å². The normalized spacial score (nSPS) is 10.9. The number of amides is 3. The largest absolute Gasteiger partial charge is 0.495 e. The monoisotopic (exact) mass is 459 g/mol. The molecule has 0 aliphatic carbocycles. The highest BCUT2D eigenvalue weighted by molar-refractivity contribution is 5.93. The SMILES string of the molecule is COc1ccc(C(F)(F)F)cc1NC(=O)NCc1ccccc1Oc1ccc(C(N)=O)cc1. The summed E-state index contributed by atoms with van der Waals surface area (Å²) in [5, 5.41) is 4.95. The van der Waals surface area contributed by atoms with Crippen molar-refractivity contribution in [3.8, 4) is 17.2 Å². The summed E-state index contributed by atoms with van der Waals surface area (Å²) in [5.41, 5.74) is 5.13. The zero-order valence-electron chi connectivity index (χ0n) is 17.4. The Bertz CT molecular complexity index is 1150. The van der Waals surface area contributed by atoms with E-state index in [0.29, 0.717) is 22.6 Å². The molecule has 33 heavy (non-hydrogen) atoms. The van der Waals surface area contributed by atoms with Gasteiger partial charge in [0.15, 0.2) is 0 Å². The van der Waals surface area contributed by atoms with E-state index >= 15 is 0 Å². The standard InChI is InChI=1S/C23H20F3N3O4/c1-32-20-11-8-16(23(24,25)26)12-18(20)29-22(31)28-13-15-4-2-3-5-19(15)33-17-9-6-14(7-10-17)21(27)30/h2-12H,13H2,1H3,(H2,27,30)(H2,28,29,31). The van der Waals surface area contributed by atoms with Crippen molar-refractivity contribution in [2.45, 2.75) is 12.7 Å². The highest BCUT2D eigenvalue weighted by atomic mass is 19.4. The number of rotatable bonds is 7. The number of ether oxygens (including phenoxy) is 2. The van der Waals surface area contributed by atoms with Gasteiger partial charge < -0.3 is 25.8 Å². The van der Waals surface area contributed by atoms with Crippen molar-refractivity contribution in [3.05, 3.63) is 83.4 Å². The molecule has 0 heterocycles. The summed E-state index contributed by atoms with van der Waals surface area (Å²) in [6.45, 7) is 0.0304. The summed E-state index contributed by atoms with van der Waals surface area (Å²) in [4.78, 5) is 23.5. The van der Waals surface area contributed by atoms with E-state index in [9.17, 15) is 22.8 Å². The van der Waals surface area contributed by atoms with Crippen molar-refractivity contribution in [3.63, 3.8) is 0 Å². The second-order valence-corrected chi connectivity index (χ2v) is 6.82. The van der Waals surface area contributed by atoms with Gasteiger partial charge in [0.2, 0.25) is 5.91 Å². The maximum atomic E-state index is 13.0. The summed E-state index contributed by atoms with van der Waals surface area (Å²) in [5.74, 6) is 0.419. The van der Waals surface area contributed by atoms with Crippen molar-refractivity contribution in [2.75, 3.05) is 12.4 Å². The molecule has 0 aliphatic heterocycles. The Labute approximate surface area is 187 Å². The van der Waals surface area contributed by atoms with Crippen molar-refractivity contribution in [1.29, 1.82) is 0 Å². The van der Waals surface area contributed by atoms with Gasteiger partial charge >= 0.3 is 12.2 Å². The van der Waals surface area contributed by atoms with Crippen molar-refractivity contribution < 1.29 is 32.2 Å². The molecule has 0 saturated carbocycles. The Hall–Kier alpha value is -4.21. The first-order chi connectivity index (χ1) is 15.7. The minimum atomic E-state index is -4.56. The Morgan fingerprint density at radius 2 is 1.67 bits per heavy atom. The summed E-state index contributed by atoms with van der Waals surface area (Å²) < 4.78 is 49.8. The van der Waals surface area contributed by atoms with Gasteiger partial charge in [0.1, 0.15) is 17.2 Å². The lowest BCUT2D eigenvalue weighted by molar-refractivity contribution is -0.137. The fourth-order valence-electron chi connectivity index (χ4n) is 2.89. The van der Waals surface area contributed by atoms with Crippen LogP contribution >= 0.6 is 0 Å². The lowest BCUT2D eigenvalue weighted by Crippen LogP contribution is -2.28. The fraction of sp³-hybridized carbons (Fsp3) is 0.130. The number of nitrogens with one attached hydrogen (secondary N) is 2. The van der Waals surface area contributed by atoms with Crippen LogP contribution in [0.15, 0.2) is 66.7 Å². The third kappa shape index (κ3) is 6.16. The lowest BCUT2D eigenvalue weighted by atomic mass is 10.1. The van der Waals surface area contributed by atoms with E-state index in [0.717, 1.165) is 18.2 Å². The molecule has 0 spiro atoms. The molecule has 0 radical (unpaired) electrons. The van der Waals surface area contributed by atoms with Crippen LogP contribution in [0, 0.1) is 0 Å². The predicted octanol–water partition coefficient (Wildman–Crippen LogP) is 4.93. The number of methoxy groups -OCH3 is 1. The van der Waals surface area contributed by atoms with Crippen LogP contribution in [0.25, 0.3) is 0 Å². The molecular weight excluding hydrogens is 439 g/mol. The maximum Gasteiger partial charge on any atom is 0.416 e. The number of urea groups is 1. The number of carbonyl (C=O) groups excluding carboxylic acids is 2. The minimum Gasteiger partial charge on any atom is -0.495 e. The molecule has 0 saturated heterocycles. The number of alkyl halides is 3. The average Bonchev–Trinajstić information content (AvgIpc) is 2.78. The number of nitrogens with two attached hydrogens (primary N) is 1. The number of para-hydroxylation sites is 1. The van der Waals surface area contributed by atoms with Gasteiger partial charge in [-0.3, -0.25) is 4.79 Å². The van der Waals surface area contributed by atoms with Crippen LogP contribution in [0.5, 0.6) is 17.2 Å². The number of anilines is 1. The number of hydrogen-bond acceptors (Lipinski definition) is 4. The number of halogens is 3. The van der Waals surface area contributed by atoms with E-state index < -0.39 is 23.7 Å². The zero-order valence-corrected chi connectivity index (χ0v) is 17.4. The number of carbonyl (C=O) groups is 2. The molecule has 172 valence electrons. The van der Waals surface area contributed by atoms with E-state index in [4.69, 9.17) is 15.2 Å². The number of benzene rings is 3. The molecule has 3 aromatic rings. The zero-order chi connectivity index (χ0) is 24.0. The second-order valence-electron chi connectivity index (χ2n) is 6.82. The summed E-state index contributed by atoms with van der Waals surface area (Å²) in [6, 6.07) is 15.2. The van der Waals surface area contributed by atoms with Gasteiger partial charge in [-0.15, -0.1) is 0 Å². The van der Waals surface area contributed by atoms with Crippen molar-refractivity contribution >= 4 is 17.6 Å². The molecule has 3 aromatic carbocycles. The highest BCUT2D eigenvalue weighted by Crippen LogP contribution is 2.35. The maximum absolute atomic E-state index is 13.0. The van der Waals surface area contributed by atoms with Gasteiger partial charge in [-0.25, -0.2) is 4.79 Å². The number of primary amides is 1. The van der Waals surface area contributed by atoms with Crippen molar-refractivity contribution in [1.82, 2.24) is 5.32 Å². The third-order valence-electron chi connectivity index (χ3n) is 4.55. The fourth-order valence-corrected chi connectivity index (χ4v) is 2.89. The van der Waals surface area contributed by atoms with E-state index in [1.54, 1.807) is 36.4 Å². The van der Waals surface area contributed by atoms with Crippen LogP contribution < -0.4 is 25.8 Å². The van der Waals surface area contributed by atoms with Gasteiger partial charge in [-0.05, 0) is 48.5 Å². The summed E-state index contributed by atoms with van der Waals surface area (Å²) in [7, 11) is 1.29. The third-order valence-corrected chi connectivity index (χ3v) is 4.55. The van der Waals surface area contributed by atoms with Gasteiger partial charge in [0, 0.05) is 17.7 Å². The smallest absolute Gasteiger partial charge is 0.416 e. The molecule has 0 fully saturated rings. The molecule has 0 atom stereocenters. The van der Waals surface area contributed by atoms with Crippen molar-refractivity contribution in [2.24, 2.45) is 5.73 Å². The summed E-state index contributed by atoms with van der Waals surface area (Å²) >= 11 is 0. The highest BCUT2D eigenvalue weighted by Gasteiger charge is 2.31. The molecule has 4 N–H and O–H groups in total. The van der Waals surface area contributed by atoms with Crippen LogP contribution in [0.4, 0.5) is 23.7 Å². The second kappa shape index (κ2) is 9.94. The molecule has 0 aromatic heterocycles. The Morgan fingerprint density at radius 1 is 0.970 bits per heavy atom. The first-order valence-corrected chi connectivity index (χ1v) is 9.63. The Morgan fingerprint density at radius 3 is 2.30 bits per heavy atom. The first kappa shape index (κ1) is 23.5. The molecule has 0 bridgehead atoms. The predicted molar refractivity (Wildman–Crippen MR) is 115 cm³/mol. The molecule has 10 heteroatoms. The van der Waals surface area contributed by atoms with Crippen LogP contribution in [0.1, 0.15) is 21.5 Å². The number of hydrogen-bond donors (Lipinski definition) is 3. The van der Waals surface area contributed by atoms with Crippen LogP contribution in [-0.2, 0) is 12.7 Å². The van der Waals surface area contributed by atoms with Gasteiger partial charge in [-0.1, -0.05) is 18.2 Å². The molecule has 3 amide bonds. The Kier molecular flexibility index (Phi) is 7.07. The topological polar surface area (TPSA) is 103 Å². The van der Waals surface area contributed by atoms with Gasteiger partial charge in [0.25, 0.3) is 0 Å². The molecule has 3 rings (SSSR count). The van der Waals surface area contributed by atoms with Crippen LogP contribution in [0.3, 0.4) is 0 Å². The average molecular weight is 459 g/mol. The quantitative estimate of drug-likeness (QED) is 0.466. The minimum absolute atomic E-state index is 0.0304. The molecule has 0 unspecified atom stereocenters. The lowest BCUT2D eigenvalue weighted by Gasteiger charge is -2.15. The van der Waals surface area contributed by atoms with E-state index in [2.05, 4.69) is 10.6 Å².